The van der Waals surface area contributed by atoms with Gasteiger partial charge in [-0.3, -0.25) is 4.79 Å². The van der Waals surface area contributed by atoms with E-state index in [-0.39, 0.29) is 6.29 Å². The van der Waals surface area contributed by atoms with E-state index >= 15 is 0 Å². The number of amides is 1. The number of carbonyl (C=O) groups excluding carboxylic acids is 2. The Labute approximate surface area is 147 Å². The first-order valence-corrected chi connectivity index (χ1v) is 7.45. The summed E-state index contributed by atoms with van der Waals surface area (Å²) in [6, 6.07) is -1.55. The number of carbonyl (C=O) groups is 3. The number of aldehydes is 1. The second kappa shape index (κ2) is 9.56. The van der Waals surface area contributed by atoms with E-state index in [4.69, 9.17) is 19.7 Å². The molecule has 7 atom stereocenters. The number of hydrogen-bond acceptors (Lipinski definition) is 10. The molecule has 12 heteroatoms. The van der Waals surface area contributed by atoms with Crippen LogP contribution in [0.3, 0.4) is 0 Å². The minimum absolute atomic E-state index is 0.166. The summed E-state index contributed by atoms with van der Waals surface area (Å²) in [5, 5.41) is 59.2. The molecule has 1 amide bonds. The molecule has 0 radical (unpaired) electrons. The zero-order chi connectivity index (χ0) is 20.0. The van der Waals surface area contributed by atoms with Gasteiger partial charge in [-0.2, -0.15) is 0 Å². The third kappa shape index (κ3) is 5.45. The molecule has 12 nitrogen and oxygen atoms in total. The molecule has 0 aromatic rings. The Morgan fingerprint density at radius 3 is 2.46 bits per heavy atom. The highest BCUT2D eigenvalue weighted by atomic mass is 16.7. The van der Waals surface area contributed by atoms with Gasteiger partial charge in [0.25, 0.3) is 0 Å². The molecule has 1 rings (SSSR count). The summed E-state index contributed by atoms with van der Waals surface area (Å²) in [6.07, 6.45) is -9.96. The van der Waals surface area contributed by atoms with Crippen molar-refractivity contribution in [1.82, 2.24) is 5.32 Å². The van der Waals surface area contributed by atoms with Gasteiger partial charge in [-0.15, -0.1) is 0 Å². The SMILES string of the molecule is CC(=O)N[C@@H](C=O)[C@@H](O[C@@H]1OC(C(=O)O)=C[C@H](O)[C@H]1O)[C@H](O)[C@H](O)CO. The van der Waals surface area contributed by atoms with Gasteiger partial charge >= 0.3 is 5.97 Å². The fraction of sp³-hybridized carbons (Fsp3) is 0.643. The van der Waals surface area contributed by atoms with Crippen LogP contribution in [-0.2, 0) is 23.9 Å². The van der Waals surface area contributed by atoms with Crippen molar-refractivity contribution in [2.45, 2.75) is 49.8 Å². The van der Waals surface area contributed by atoms with Crippen molar-refractivity contribution >= 4 is 18.2 Å². The van der Waals surface area contributed by atoms with E-state index in [2.05, 4.69) is 5.32 Å². The summed E-state index contributed by atoms with van der Waals surface area (Å²) >= 11 is 0. The lowest BCUT2D eigenvalue weighted by molar-refractivity contribution is -0.248. The van der Waals surface area contributed by atoms with E-state index in [0.29, 0.717) is 6.08 Å². The maximum absolute atomic E-state index is 11.2. The molecule has 0 aromatic heterocycles. The first-order chi connectivity index (χ1) is 12.1. The highest BCUT2D eigenvalue weighted by Crippen LogP contribution is 2.23. The number of carboxylic acids is 1. The Balaban J connectivity index is 3.10. The van der Waals surface area contributed by atoms with Gasteiger partial charge in [0.15, 0.2) is 0 Å². The fourth-order valence-electron chi connectivity index (χ4n) is 2.17. The van der Waals surface area contributed by atoms with E-state index in [1.54, 1.807) is 0 Å². The van der Waals surface area contributed by atoms with Crippen LogP contribution in [0.15, 0.2) is 11.8 Å². The molecule has 0 saturated heterocycles. The monoisotopic (exact) mass is 379 g/mol. The van der Waals surface area contributed by atoms with Crippen LogP contribution in [0.5, 0.6) is 0 Å². The molecular formula is C14H21NO11. The summed E-state index contributed by atoms with van der Waals surface area (Å²) in [7, 11) is 0. The van der Waals surface area contributed by atoms with E-state index < -0.39 is 67.1 Å². The van der Waals surface area contributed by atoms with Crippen LogP contribution in [0.1, 0.15) is 6.92 Å². The molecule has 0 aromatic carbocycles. The van der Waals surface area contributed by atoms with Crippen LogP contribution >= 0.6 is 0 Å². The van der Waals surface area contributed by atoms with E-state index in [9.17, 15) is 34.8 Å². The summed E-state index contributed by atoms with van der Waals surface area (Å²) in [5.74, 6) is -3.03. The highest BCUT2D eigenvalue weighted by molar-refractivity contribution is 5.84. The number of rotatable bonds is 9. The molecule has 0 saturated carbocycles. The van der Waals surface area contributed by atoms with Crippen molar-refractivity contribution in [2.75, 3.05) is 6.61 Å². The van der Waals surface area contributed by atoms with Crippen LogP contribution in [0.2, 0.25) is 0 Å². The quantitative estimate of drug-likeness (QED) is 0.191. The predicted octanol–water partition coefficient (Wildman–Crippen LogP) is -4.16. The molecule has 148 valence electrons. The molecule has 26 heavy (non-hydrogen) atoms. The molecule has 0 aliphatic carbocycles. The van der Waals surface area contributed by atoms with Gasteiger partial charge in [-0.05, 0) is 6.08 Å². The Morgan fingerprint density at radius 1 is 1.38 bits per heavy atom. The fourth-order valence-corrected chi connectivity index (χ4v) is 2.17. The van der Waals surface area contributed by atoms with Crippen molar-refractivity contribution in [3.63, 3.8) is 0 Å². The van der Waals surface area contributed by atoms with Gasteiger partial charge in [0.05, 0.1) is 6.61 Å². The summed E-state index contributed by atoms with van der Waals surface area (Å²) in [6.45, 7) is 0.132. The number of ether oxygens (including phenoxy) is 2. The third-order valence-electron chi connectivity index (χ3n) is 3.48. The Bertz CT molecular complexity index is 551. The van der Waals surface area contributed by atoms with Crippen LogP contribution in [0.25, 0.3) is 0 Å². The lowest BCUT2D eigenvalue weighted by Gasteiger charge is -2.37. The van der Waals surface area contributed by atoms with Gasteiger partial charge in [-0.25, -0.2) is 4.79 Å². The summed E-state index contributed by atoms with van der Waals surface area (Å²) in [5.41, 5.74) is 0. The number of aliphatic hydroxyl groups is 5. The van der Waals surface area contributed by atoms with Crippen molar-refractivity contribution in [2.24, 2.45) is 0 Å². The number of carboxylic acid groups (broad SMARTS) is 1. The van der Waals surface area contributed by atoms with E-state index in [1.807, 2.05) is 0 Å². The number of nitrogens with one attached hydrogen (secondary N) is 1. The highest BCUT2D eigenvalue weighted by Gasteiger charge is 2.42. The molecule has 0 fully saturated rings. The molecule has 1 aliphatic heterocycles. The molecule has 0 unspecified atom stereocenters. The normalized spacial score (nSPS) is 27.3. The smallest absolute Gasteiger partial charge is 0.371 e. The largest absolute Gasteiger partial charge is 0.475 e. The van der Waals surface area contributed by atoms with Crippen molar-refractivity contribution in [3.05, 3.63) is 11.8 Å². The van der Waals surface area contributed by atoms with Crippen molar-refractivity contribution in [3.8, 4) is 0 Å². The maximum Gasteiger partial charge on any atom is 0.371 e. The first kappa shape index (κ1) is 22.0. The molecular weight excluding hydrogens is 358 g/mol. The molecule has 1 heterocycles. The van der Waals surface area contributed by atoms with Crippen molar-refractivity contribution in [1.29, 1.82) is 0 Å². The molecule has 1 aliphatic rings. The summed E-state index contributed by atoms with van der Waals surface area (Å²) < 4.78 is 10.1. The predicted molar refractivity (Wildman–Crippen MR) is 80.2 cm³/mol. The maximum atomic E-state index is 11.2. The first-order valence-electron chi connectivity index (χ1n) is 7.45. The zero-order valence-electron chi connectivity index (χ0n) is 13.6. The topological polar surface area (TPSA) is 203 Å². The van der Waals surface area contributed by atoms with Crippen LogP contribution < -0.4 is 5.32 Å². The van der Waals surface area contributed by atoms with Gasteiger partial charge in [0.1, 0.15) is 42.8 Å². The molecule has 0 spiro atoms. The van der Waals surface area contributed by atoms with Crippen molar-refractivity contribution < 1.29 is 54.5 Å². The number of aliphatic hydroxyl groups excluding tert-OH is 5. The lowest BCUT2D eigenvalue weighted by atomic mass is 10.0. The Kier molecular flexibility index (Phi) is 8.08. The second-order valence-electron chi connectivity index (χ2n) is 5.51. The Hall–Kier alpha value is -2.09. The number of aliphatic carboxylic acids is 1. The molecule has 7 N–H and O–H groups in total. The van der Waals surface area contributed by atoms with E-state index in [0.717, 1.165) is 6.92 Å². The average Bonchev–Trinajstić information content (AvgIpc) is 2.59. The minimum atomic E-state index is -1.94. The lowest BCUT2D eigenvalue weighted by Crippen LogP contribution is -2.57. The van der Waals surface area contributed by atoms with Crippen LogP contribution in [0.4, 0.5) is 0 Å². The van der Waals surface area contributed by atoms with Crippen LogP contribution in [-0.4, -0.2) is 98.3 Å². The molecule has 0 bridgehead atoms. The van der Waals surface area contributed by atoms with E-state index in [1.165, 1.54) is 0 Å². The third-order valence-corrected chi connectivity index (χ3v) is 3.48. The zero-order valence-corrected chi connectivity index (χ0v) is 13.6. The minimum Gasteiger partial charge on any atom is -0.475 e. The Morgan fingerprint density at radius 2 is 2.00 bits per heavy atom. The standard InChI is InChI=1S/C14H21NO11/c1-5(18)15-6(3-16)12(10(21)8(20)4-17)26-14-11(22)7(19)2-9(25-14)13(23)24/h2-3,6-8,10-12,14,17,19-22H,4H2,1H3,(H,15,18)(H,23,24)/t6-,7-,8+,10+,11+,12+,14-/m0/s1. The number of hydrogen-bond donors (Lipinski definition) is 7. The van der Waals surface area contributed by atoms with Gasteiger partial charge in [0.2, 0.25) is 18.0 Å². The second-order valence-corrected chi connectivity index (χ2v) is 5.51. The van der Waals surface area contributed by atoms with Gasteiger partial charge < -0.3 is 50.2 Å². The van der Waals surface area contributed by atoms with Gasteiger partial charge in [0, 0.05) is 6.92 Å². The van der Waals surface area contributed by atoms with Crippen LogP contribution in [0, 0.1) is 0 Å². The summed E-state index contributed by atoms with van der Waals surface area (Å²) in [4.78, 5) is 33.4. The average molecular weight is 379 g/mol. The van der Waals surface area contributed by atoms with Gasteiger partial charge in [-0.1, -0.05) is 0 Å².